The molecule has 0 heterocycles. The standard InChI is InChI=1S/C16H21FN4/c1-21(2)7-6-20-13-9-11(8-12(17)10-13)14-4-3-5-15(18)16(14)19/h3-5,8-10,20H,6-7,18-19H2,1-2H3. The van der Waals surface area contributed by atoms with E-state index in [1.807, 2.05) is 32.3 Å². The third-order valence-corrected chi connectivity index (χ3v) is 3.24. The van der Waals surface area contributed by atoms with Gasteiger partial charge in [-0.3, -0.25) is 0 Å². The molecule has 0 amide bonds. The van der Waals surface area contributed by atoms with Crippen LogP contribution < -0.4 is 16.8 Å². The molecule has 2 rings (SSSR count). The van der Waals surface area contributed by atoms with Crippen molar-refractivity contribution >= 4 is 17.1 Å². The van der Waals surface area contributed by atoms with Gasteiger partial charge in [-0.2, -0.15) is 0 Å². The summed E-state index contributed by atoms with van der Waals surface area (Å²) in [7, 11) is 3.98. The summed E-state index contributed by atoms with van der Waals surface area (Å²) in [5, 5.41) is 3.21. The number of nitrogens with two attached hydrogens (primary N) is 2. The summed E-state index contributed by atoms with van der Waals surface area (Å²) in [5.41, 5.74) is 14.9. The van der Waals surface area contributed by atoms with Crippen molar-refractivity contribution in [2.45, 2.75) is 0 Å². The van der Waals surface area contributed by atoms with Gasteiger partial charge in [-0.15, -0.1) is 0 Å². The molecule has 21 heavy (non-hydrogen) atoms. The van der Waals surface area contributed by atoms with E-state index in [1.54, 1.807) is 6.07 Å². The quantitative estimate of drug-likeness (QED) is 0.740. The number of anilines is 3. The molecule has 4 nitrogen and oxygen atoms in total. The van der Waals surface area contributed by atoms with Gasteiger partial charge in [0.1, 0.15) is 5.82 Å². The fraction of sp³-hybridized carbons (Fsp3) is 0.250. The van der Waals surface area contributed by atoms with Gasteiger partial charge in [-0.25, -0.2) is 4.39 Å². The summed E-state index contributed by atoms with van der Waals surface area (Å²) in [6, 6.07) is 10.2. The minimum atomic E-state index is -0.304. The highest BCUT2D eigenvalue weighted by Crippen LogP contribution is 2.32. The maximum Gasteiger partial charge on any atom is 0.125 e. The van der Waals surface area contributed by atoms with Crippen LogP contribution in [0.3, 0.4) is 0 Å². The molecular weight excluding hydrogens is 267 g/mol. The van der Waals surface area contributed by atoms with Crippen LogP contribution in [0.2, 0.25) is 0 Å². The van der Waals surface area contributed by atoms with Crippen LogP contribution in [-0.2, 0) is 0 Å². The lowest BCUT2D eigenvalue weighted by Crippen LogP contribution is -2.20. The van der Waals surface area contributed by atoms with Gasteiger partial charge in [0.2, 0.25) is 0 Å². The molecule has 2 aromatic rings. The number of nitrogens with one attached hydrogen (secondary N) is 1. The summed E-state index contributed by atoms with van der Waals surface area (Å²) in [4.78, 5) is 2.06. The number of hydrogen-bond acceptors (Lipinski definition) is 4. The summed E-state index contributed by atoms with van der Waals surface area (Å²) in [6.07, 6.45) is 0. The predicted octanol–water partition coefficient (Wildman–Crippen LogP) is 2.63. The molecule has 0 radical (unpaired) electrons. The number of hydrogen-bond donors (Lipinski definition) is 3. The van der Waals surface area contributed by atoms with Crippen LogP contribution in [0.1, 0.15) is 0 Å². The van der Waals surface area contributed by atoms with Gasteiger partial charge in [0, 0.05) is 24.3 Å². The largest absolute Gasteiger partial charge is 0.397 e. The van der Waals surface area contributed by atoms with Crippen LogP contribution in [0.25, 0.3) is 11.1 Å². The summed E-state index contributed by atoms with van der Waals surface area (Å²) < 4.78 is 13.8. The van der Waals surface area contributed by atoms with E-state index in [-0.39, 0.29) is 5.82 Å². The number of para-hydroxylation sites is 1. The third kappa shape index (κ3) is 3.86. The van der Waals surface area contributed by atoms with E-state index in [0.29, 0.717) is 16.9 Å². The predicted molar refractivity (Wildman–Crippen MR) is 87.7 cm³/mol. The number of nitrogens with zero attached hydrogens (tertiary/aromatic N) is 1. The lowest BCUT2D eigenvalue weighted by molar-refractivity contribution is 0.425. The van der Waals surface area contributed by atoms with E-state index in [4.69, 9.17) is 11.5 Å². The summed E-state index contributed by atoms with van der Waals surface area (Å²) >= 11 is 0. The summed E-state index contributed by atoms with van der Waals surface area (Å²) in [5.74, 6) is -0.304. The Kier molecular flexibility index (Phi) is 4.65. The molecule has 0 spiro atoms. The molecule has 5 heteroatoms. The zero-order chi connectivity index (χ0) is 15.4. The minimum Gasteiger partial charge on any atom is -0.397 e. The first kappa shape index (κ1) is 15.1. The van der Waals surface area contributed by atoms with Crippen LogP contribution >= 0.6 is 0 Å². The van der Waals surface area contributed by atoms with Gasteiger partial charge in [0.15, 0.2) is 0 Å². The third-order valence-electron chi connectivity index (χ3n) is 3.24. The molecule has 0 saturated carbocycles. The molecule has 0 atom stereocenters. The molecule has 0 aromatic heterocycles. The van der Waals surface area contributed by atoms with Crippen LogP contribution in [0.5, 0.6) is 0 Å². The first-order valence-corrected chi connectivity index (χ1v) is 6.81. The lowest BCUT2D eigenvalue weighted by atomic mass is 10.0. The van der Waals surface area contributed by atoms with Gasteiger partial charge in [-0.1, -0.05) is 12.1 Å². The molecule has 2 aromatic carbocycles. The number of benzene rings is 2. The highest BCUT2D eigenvalue weighted by molar-refractivity contribution is 5.85. The Hall–Kier alpha value is -2.27. The number of likely N-dealkylation sites (N-methyl/N-ethyl adjacent to an activating group) is 1. The van der Waals surface area contributed by atoms with Crippen LogP contribution in [-0.4, -0.2) is 32.1 Å². The van der Waals surface area contributed by atoms with Crippen molar-refractivity contribution in [3.8, 4) is 11.1 Å². The zero-order valence-electron chi connectivity index (χ0n) is 12.4. The van der Waals surface area contributed by atoms with Gasteiger partial charge < -0.3 is 21.7 Å². The second-order valence-electron chi connectivity index (χ2n) is 5.27. The van der Waals surface area contributed by atoms with Crippen LogP contribution in [0.4, 0.5) is 21.5 Å². The van der Waals surface area contributed by atoms with E-state index in [9.17, 15) is 4.39 Å². The Balaban J connectivity index is 2.28. The Labute approximate surface area is 124 Å². The van der Waals surface area contributed by atoms with Gasteiger partial charge in [0.25, 0.3) is 0 Å². The topological polar surface area (TPSA) is 67.3 Å². The molecule has 0 unspecified atom stereocenters. The molecular formula is C16H21FN4. The molecule has 0 aliphatic carbocycles. The van der Waals surface area contributed by atoms with Crippen molar-refractivity contribution in [2.24, 2.45) is 0 Å². The maximum absolute atomic E-state index is 13.8. The normalized spacial score (nSPS) is 10.9. The molecule has 112 valence electrons. The molecule has 0 bridgehead atoms. The van der Waals surface area contributed by atoms with Crippen molar-refractivity contribution in [2.75, 3.05) is 44.0 Å². The SMILES string of the molecule is CN(C)CCNc1cc(F)cc(-c2cccc(N)c2N)c1. The molecule has 5 N–H and O–H groups in total. The van der Waals surface area contributed by atoms with Crippen LogP contribution in [0.15, 0.2) is 36.4 Å². The fourth-order valence-electron chi connectivity index (χ4n) is 2.11. The van der Waals surface area contributed by atoms with E-state index in [0.717, 1.165) is 24.3 Å². The van der Waals surface area contributed by atoms with E-state index in [2.05, 4.69) is 10.2 Å². The number of rotatable bonds is 5. The molecule has 0 aliphatic heterocycles. The highest BCUT2D eigenvalue weighted by atomic mass is 19.1. The van der Waals surface area contributed by atoms with Crippen molar-refractivity contribution in [1.29, 1.82) is 0 Å². The second-order valence-corrected chi connectivity index (χ2v) is 5.27. The average molecular weight is 288 g/mol. The van der Waals surface area contributed by atoms with Gasteiger partial charge >= 0.3 is 0 Å². The van der Waals surface area contributed by atoms with Crippen molar-refractivity contribution in [1.82, 2.24) is 4.90 Å². The lowest BCUT2D eigenvalue weighted by Gasteiger charge is -2.13. The molecule has 0 aliphatic rings. The van der Waals surface area contributed by atoms with Crippen molar-refractivity contribution in [3.63, 3.8) is 0 Å². The van der Waals surface area contributed by atoms with Crippen molar-refractivity contribution in [3.05, 3.63) is 42.2 Å². The Morgan fingerprint density at radius 2 is 1.90 bits per heavy atom. The first-order chi connectivity index (χ1) is 9.97. The van der Waals surface area contributed by atoms with Crippen LogP contribution in [0, 0.1) is 5.82 Å². The van der Waals surface area contributed by atoms with E-state index < -0.39 is 0 Å². The van der Waals surface area contributed by atoms with Crippen molar-refractivity contribution < 1.29 is 4.39 Å². The minimum absolute atomic E-state index is 0.304. The van der Waals surface area contributed by atoms with Gasteiger partial charge in [-0.05, 0) is 43.9 Å². The van der Waals surface area contributed by atoms with E-state index in [1.165, 1.54) is 12.1 Å². The Morgan fingerprint density at radius 3 is 2.62 bits per heavy atom. The van der Waals surface area contributed by atoms with Gasteiger partial charge in [0.05, 0.1) is 11.4 Å². The fourth-order valence-corrected chi connectivity index (χ4v) is 2.11. The monoisotopic (exact) mass is 288 g/mol. The maximum atomic E-state index is 13.8. The number of nitrogen functional groups attached to an aromatic ring is 2. The zero-order valence-corrected chi connectivity index (χ0v) is 12.4. The second kappa shape index (κ2) is 6.45. The van der Waals surface area contributed by atoms with E-state index >= 15 is 0 Å². The Bertz CT molecular complexity index is 626. The molecule has 0 fully saturated rings. The smallest absolute Gasteiger partial charge is 0.125 e. The highest BCUT2D eigenvalue weighted by Gasteiger charge is 2.08. The Morgan fingerprint density at radius 1 is 1.14 bits per heavy atom. The average Bonchev–Trinajstić information content (AvgIpc) is 2.41. The summed E-state index contributed by atoms with van der Waals surface area (Å²) in [6.45, 7) is 1.61. The first-order valence-electron chi connectivity index (χ1n) is 6.81. The molecule has 0 saturated heterocycles. The number of halogens is 1.